The van der Waals surface area contributed by atoms with Gasteiger partial charge < -0.3 is 4.89 Å². The molecule has 0 saturated carbocycles. The second-order valence-corrected chi connectivity index (χ2v) is 5.61. The molecule has 1 rings (SSSR count). The summed E-state index contributed by atoms with van der Waals surface area (Å²) < 4.78 is 0. The largest absolute Gasteiger partial charge is 0.374 e. The van der Waals surface area contributed by atoms with E-state index < -0.39 is 8.15 Å². The van der Waals surface area contributed by atoms with Crippen LogP contribution in [0.2, 0.25) is 0 Å². The number of aryl methyl sites for hydroxylation is 1. The quantitative estimate of drug-likeness (QED) is 0.553. The Morgan fingerprint density at radius 3 is 1.53 bits per heavy atom. The van der Waals surface area contributed by atoms with Crippen LogP contribution in [0.5, 0.6) is 0 Å². The van der Waals surface area contributed by atoms with E-state index in [9.17, 15) is 0 Å². The van der Waals surface area contributed by atoms with Crippen LogP contribution in [-0.4, -0.2) is 18.2 Å². The molecule has 0 saturated heterocycles. The molecule has 104 valence electrons. The van der Waals surface area contributed by atoms with Crippen molar-refractivity contribution in [1.82, 2.24) is 0 Å². The summed E-state index contributed by atoms with van der Waals surface area (Å²) in [7, 11) is -0.620. The molecule has 0 spiro atoms. The van der Waals surface area contributed by atoms with Crippen molar-refractivity contribution >= 4 is 33.0 Å². The minimum absolute atomic E-state index is 0. The summed E-state index contributed by atoms with van der Waals surface area (Å²) >= 11 is 0. The van der Waals surface area contributed by atoms with Gasteiger partial charge in [-0.15, -0.1) is 24.8 Å². The fourth-order valence-corrected chi connectivity index (χ4v) is 0.951. The molecule has 0 amide bonds. The van der Waals surface area contributed by atoms with Crippen molar-refractivity contribution in [2.45, 2.75) is 26.7 Å². The summed E-state index contributed by atoms with van der Waals surface area (Å²) in [5, 5.41) is 0. The predicted octanol–water partition coefficient (Wildman–Crippen LogP) is 4.59. The van der Waals surface area contributed by atoms with Crippen LogP contribution < -0.4 is 0 Å². The van der Waals surface area contributed by atoms with Gasteiger partial charge in [0.1, 0.15) is 0 Å². The number of halogens is 2. The van der Waals surface area contributed by atoms with E-state index in [0.29, 0.717) is 5.92 Å². The Balaban J connectivity index is -0.000000108. The second-order valence-electron chi connectivity index (χ2n) is 3.91. The fourth-order valence-electron chi connectivity index (χ4n) is 0.951. The molecule has 0 aliphatic heterocycles. The zero-order valence-electron chi connectivity index (χ0n) is 11.0. The summed E-state index contributed by atoms with van der Waals surface area (Å²) in [6.45, 7) is 10.1. The third-order valence-electron chi connectivity index (χ3n) is 1.74. The molecule has 1 aromatic rings. The van der Waals surface area contributed by atoms with E-state index in [2.05, 4.69) is 45.0 Å². The molecule has 0 aromatic heterocycles. The van der Waals surface area contributed by atoms with Gasteiger partial charge in [0.2, 0.25) is 0 Å². The molecule has 17 heavy (non-hydrogen) atoms. The topological polar surface area (TPSA) is 20.2 Å². The molecule has 1 nitrogen and oxygen atoms in total. The van der Waals surface area contributed by atoms with Crippen LogP contribution in [0, 0.1) is 6.92 Å². The summed E-state index contributed by atoms with van der Waals surface area (Å²) in [4.78, 5) is 8.12. The van der Waals surface area contributed by atoms with E-state index in [-0.39, 0.29) is 44.3 Å². The number of hydrogen-bond acceptors (Lipinski definition) is 1. The summed E-state index contributed by atoms with van der Waals surface area (Å²) in [5.41, 5.74) is 2.76. The first-order chi connectivity index (χ1) is 6.43. The van der Waals surface area contributed by atoms with Crippen molar-refractivity contribution in [1.29, 1.82) is 0 Å². The van der Waals surface area contributed by atoms with E-state index in [0.717, 1.165) is 0 Å². The Morgan fingerprint density at radius 2 is 1.29 bits per heavy atom. The number of benzene rings is 1. The average molecular weight is 386 g/mol. The molecule has 0 unspecified atom stereocenters. The maximum absolute atomic E-state index is 8.12. The van der Waals surface area contributed by atoms with Crippen molar-refractivity contribution < 1.29 is 24.4 Å². The van der Waals surface area contributed by atoms with Gasteiger partial charge in [0.15, 0.2) is 0 Å². The Morgan fingerprint density at radius 1 is 1.00 bits per heavy atom. The minimum atomic E-state index is -0.620. The molecule has 5 heteroatoms. The first-order valence-corrected chi connectivity index (χ1v) is 7.05. The molecule has 0 fully saturated rings. The molecule has 0 aliphatic rings. The van der Waals surface area contributed by atoms with Gasteiger partial charge in [-0.05, 0) is 31.7 Å². The van der Waals surface area contributed by atoms with Crippen LogP contribution in [0.15, 0.2) is 24.3 Å². The van der Waals surface area contributed by atoms with E-state index in [4.69, 9.17) is 4.89 Å². The minimum Gasteiger partial charge on any atom is -0.374 e. The average Bonchev–Trinajstić information content (AvgIpc) is 2.03. The van der Waals surface area contributed by atoms with Crippen molar-refractivity contribution in [3.63, 3.8) is 0 Å². The summed E-state index contributed by atoms with van der Waals surface area (Å²) in [6, 6.07) is 8.71. The fraction of sp³-hybridized carbons (Fsp3) is 0.500. The predicted molar refractivity (Wildman–Crippen MR) is 80.8 cm³/mol. The molecule has 0 radical (unpaired) electrons. The molecular weight excluding hydrogens is 363 g/mol. The molecule has 0 atom stereocenters. The SMILES string of the molecule is CP(C)O.Cc1ccc(C(C)C)cc1.Cl.Cl.[Ru]. The van der Waals surface area contributed by atoms with Crippen molar-refractivity contribution in [3.8, 4) is 0 Å². The monoisotopic (exact) mass is 386 g/mol. The first-order valence-electron chi connectivity index (χ1n) is 4.86. The zero-order valence-corrected chi connectivity index (χ0v) is 15.2. The van der Waals surface area contributed by atoms with Crippen molar-refractivity contribution in [3.05, 3.63) is 35.4 Å². The van der Waals surface area contributed by atoms with Gasteiger partial charge in [0, 0.05) is 27.6 Å². The van der Waals surface area contributed by atoms with Crippen molar-refractivity contribution in [2.24, 2.45) is 0 Å². The second kappa shape index (κ2) is 14.9. The Hall–Kier alpha value is 0.813. The standard InChI is InChI=1S/C10H14.C2H7OP.2ClH.Ru/c1-8(2)10-6-4-9(3)5-7-10;1-4(2)3;;;/h4-8H,1-3H3;3H,1-2H3;2*1H;. The van der Waals surface area contributed by atoms with Gasteiger partial charge >= 0.3 is 0 Å². The Bertz CT molecular complexity index is 250. The van der Waals surface area contributed by atoms with Gasteiger partial charge in [0.25, 0.3) is 0 Å². The molecule has 1 N–H and O–H groups in total. The first kappa shape index (κ1) is 26.4. The normalized spacial score (nSPS) is 8.24. The molecule has 0 aliphatic carbocycles. The molecule has 1 aromatic carbocycles. The van der Waals surface area contributed by atoms with Gasteiger partial charge in [-0.1, -0.05) is 43.7 Å². The maximum Gasteiger partial charge on any atom is 0.0187 e. The van der Waals surface area contributed by atoms with Gasteiger partial charge in [-0.2, -0.15) is 0 Å². The summed E-state index contributed by atoms with van der Waals surface area (Å²) in [6.07, 6.45) is 0. The third kappa shape index (κ3) is 16.8. The van der Waals surface area contributed by atoms with Gasteiger partial charge in [0.05, 0.1) is 0 Å². The van der Waals surface area contributed by atoms with Crippen molar-refractivity contribution in [2.75, 3.05) is 13.3 Å². The Kier molecular flexibility index (Phi) is 23.1. The summed E-state index contributed by atoms with van der Waals surface area (Å²) in [5.74, 6) is 0.653. The molecular formula is C12H23Cl2OPRu. The molecule has 0 heterocycles. The van der Waals surface area contributed by atoms with Crippen LogP contribution >= 0.6 is 33.0 Å². The molecule has 0 bridgehead atoms. The van der Waals surface area contributed by atoms with Gasteiger partial charge in [-0.3, -0.25) is 0 Å². The van der Waals surface area contributed by atoms with Gasteiger partial charge in [-0.25, -0.2) is 0 Å². The Labute approximate surface area is 132 Å². The third-order valence-corrected chi connectivity index (χ3v) is 1.74. The van der Waals surface area contributed by atoms with E-state index >= 15 is 0 Å². The van der Waals surface area contributed by atoms with Crippen LogP contribution in [0.1, 0.15) is 30.9 Å². The maximum atomic E-state index is 8.12. The van der Waals surface area contributed by atoms with Crippen LogP contribution in [-0.2, 0) is 19.5 Å². The van der Waals surface area contributed by atoms with E-state index in [1.165, 1.54) is 11.1 Å². The van der Waals surface area contributed by atoms with Crippen LogP contribution in [0.25, 0.3) is 0 Å². The van der Waals surface area contributed by atoms with E-state index in [1.54, 1.807) is 13.3 Å². The number of hydrogen-bond donors (Lipinski definition) is 1. The van der Waals surface area contributed by atoms with Crippen LogP contribution in [0.4, 0.5) is 0 Å². The number of rotatable bonds is 1. The zero-order chi connectivity index (χ0) is 11.1. The smallest absolute Gasteiger partial charge is 0.0187 e. The van der Waals surface area contributed by atoms with Crippen LogP contribution in [0.3, 0.4) is 0 Å². The van der Waals surface area contributed by atoms with E-state index in [1.807, 2.05) is 0 Å².